The zero-order valence-electron chi connectivity index (χ0n) is 16.7. The topological polar surface area (TPSA) is 49.8 Å². The van der Waals surface area contributed by atoms with Crippen LogP contribution in [0.5, 0.6) is 0 Å². The average Bonchev–Trinajstić information content (AvgIpc) is 3.33. The standard InChI is InChI=1S/C23H25N5O/c1-18-21(25-23(29-18)19-7-3-2-4-8-19)17-27-13-11-26(12-14-27)15-20-16-28-10-6-5-9-22(28)24-20/h2-10,16H,11-15,17H2,1H3. The summed E-state index contributed by atoms with van der Waals surface area (Å²) in [5.74, 6) is 1.62. The van der Waals surface area contributed by atoms with Crippen LogP contribution in [0, 0.1) is 6.92 Å². The second kappa shape index (κ2) is 7.81. The zero-order valence-corrected chi connectivity index (χ0v) is 16.7. The van der Waals surface area contributed by atoms with Gasteiger partial charge in [0.1, 0.15) is 11.4 Å². The van der Waals surface area contributed by atoms with Gasteiger partial charge in [0.2, 0.25) is 5.89 Å². The smallest absolute Gasteiger partial charge is 0.226 e. The number of oxazole rings is 1. The van der Waals surface area contributed by atoms with Crippen molar-refractivity contribution in [2.45, 2.75) is 20.0 Å². The number of pyridine rings is 1. The molecule has 0 spiro atoms. The van der Waals surface area contributed by atoms with Crippen LogP contribution in [-0.2, 0) is 13.1 Å². The third kappa shape index (κ3) is 3.95. The Labute approximate surface area is 170 Å². The predicted octanol–water partition coefficient (Wildman–Crippen LogP) is 3.62. The van der Waals surface area contributed by atoms with E-state index in [1.54, 1.807) is 0 Å². The van der Waals surface area contributed by atoms with Crippen molar-refractivity contribution in [3.05, 3.63) is 78.1 Å². The molecule has 4 heterocycles. The molecule has 0 bridgehead atoms. The number of aromatic nitrogens is 3. The Bertz CT molecular complexity index is 1060. The number of hydrogen-bond acceptors (Lipinski definition) is 5. The lowest BCUT2D eigenvalue weighted by molar-refractivity contribution is 0.120. The van der Waals surface area contributed by atoms with Crippen LogP contribution >= 0.6 is 0 Å². The predicted molar refractivity (Wildman–Crippen MR) is 112 cm³/mol. The maximum atomic E-state index is 5.91. The molecule has 0 amide bonds. The molecule has 6 heteroatoms. The molecule has 1 aliphatic rings. The fourth-order valence-electron chi connectivity index (χ4n) is 3.89. The number of aryl methyl sites for hydroxylation is 1. The van der Waals surface area contributed by atoms with Gasteiger partial charge in [-0.3, -0.25) is 9.80 Å². The number of imidazole rings is 1. The van der Waals surface area contributed by atoms with Crippen LogP contribution in [0.25, 0.3) is 17.1 Å². The molecule has 0 aliphatic carbocycles. The van der Waals surface area contributed by atoms with E-state index in [1.165, 1.54) is 0 Å². The minimum absolute atomic E-state index is 0.712. The Morgan fingerprint density at radius 3 is 2.34 bits per heavy atom. The molecule has 1 aliphatic heterocycles. The highest BCUT2D eigenvalue weighted by molar-refractivity contribution is 5.53. The third-order valence-corrected chi connectivity index (χ3v) is 5.55. The maximum Gasteiger partial charge on any atom is 0.226 e. The minimum atomic E-state index is 0.712. The van der Waals surface area contributed by atoms with E-state index in [-0.39, 0.29) is 0 Å². The van der Waals surface area contributed by atoms with Gasteiger partial charge in [0.05, 0.1) is 11.4 Å². The first-order valence-corrected chi connectivity index (χ1v) is 10.1. The summed E-state index contributed by atoms with van der Waals surface area (Å²) in [4.78, 5) is 14.4. The molecule has 29 heavy (non-hydrogen) atoms. The quantitative estimate of drug-likeness (QED) is 0.524. The van der Waals surface area contributed by atoms with Crippen LogP contribution in [0.4, 0.5) is 0 Å². The van der Waals surface area contributed by atoms with E-state index in [9.17, 15) is 0 Å². The van der Waals surface area contributed by atoms with Crippen molar-refractivity contribution in [2.75, 3.05) is 26.2 Å². The van der Waals surface area contributed by atoms with Crippen molar-refractivity contribution in [2.24, 2.45) is 0 Å². The Hall–Kier alpha value is -2.96. The summed E-state index contributed by atoms with van der Waals surface area (Å²) in [5.41, 5.74) is 4.21. The van der Waals surface area contributed by atoms with E-state index in [4.69, 9.17) is 14.4 Å². The minimum Gasteiger partial charge on any atom is -0.441 e. The molecule has 5 rings (SSSR count). The van der Waals surface area contributed by atoms with Gasteiger partial charge in [-0.05, 0) is 31.2 Å². The molecule has 0 atom stereocenters. The van der Waals surface area contributed by atoms with Gasteiger partial charge < -0.3 is 8.82 Å². The molecule has 1 saturated heterocycles. The second-order valence-electron chi connectivity index (χ2n) is 7.64. The van der Waals surface area contributed by atoms with Gasteiger partial charge in [-0.1, -0.05) is 24.3 Å². The van der Waals surface area contributed by atoms with Crippen molar-refractivity contribution in [1.82, 2.24) is 24.2 Å². The largest absolute Gasteiger partial charge is 0.441 e. The molecule has 3 aromatic heterocycles. The van der Waals surface area contributed by atoms with Crippen molar-refractivity contribution >= 4 is 5.65 Å². The molecule has 1 aromatic carbocycles. The van der Waals surface area contributed by atoms with Crippen molar-refractivity contribution < 1.29 is 4.42 Å². The first kappa shape index (κ1) is 18.1. The Balaban J connectivity index is 1.18. The molecule has 0 N–H and O–H groups in total. The molecule has 0 radical (unpaired) electrons. The molecule has 0 unspecified atom stereocenters. The first-order chi connectivity index (χ1) is 14.2. The Morgan fingerprint density at radius 2 is 1.59 bits per heavy atom. The summed E-state index contributed by atoms with van der Waals surface area (Å²) in [7, 11) is 0. The van der Waals surface area contributed by atoms with Crippen LogP contribution in [0.15, 0.2) is 65.3 Å². The summed E-state index contributed by atoms with van der Waals surface area (Å²) in [6, 6.07) is 16.2. The number of fused-ring (bicyclic) bond motifs is 1. The van der Waals surface area contributed by atoms with Crippen molar-refractivity contribution in [1.29, 1.82) is 0 Å². The molecule has 4 aromatic rings. The monoisotopic (exact) mass is 387 g/mol. The normalized spacial score (nSPS) is 15.9. The molecular formula is C23H25N5O. The SMILES string of the molecule is Cc1oc(-c2ccccc2)nc1CN1CCN(Cc2cn3ccccc3n2)CC1. The lowest BCUT2D eigenvalue weighted by Gasteiger charge is -2.33. The number of rotatable bonds is 5. The van der Waals surface area contributed by atoms with Gasteiger partial charge in [0, 0.05) is 57.2 Å². The first-order valence-electron chi connectivity index (χ1n) is 10.1. The van der Waals surface area contributed by atoms with Crippen LogP contribution in [0.3, 0.4) is 0 Å². The highest BCUT2D eigenvalue weighted by Gasteiger charge is 2.20. The highest BCUT2D eigenvalue weighted by atomic mass is 16.4. The van der Waals surface area contributed by atoms with Crippen LogP contribution in [-0.4, -0.2) is 50.3 Å². The van der Waals surface area contributed by atoms with Crippen molar-refractivity contribution in [3.63, 3.8) is 0 Å². The number of piperazine rings is 1. The second-order valence-corrected chi connectivity index (χ2v) is 7.64. The summed E-state index contributed by atoms with van der Waals surface area (Å²) < 4.78 is 8.00. The van der Waals surface area contributed by atoms with E-state index < -0.39 is 0 Å². The molecule has 148 valence electrons. The van der Waals surface area contributed by atoms with Gasteiger partial charge >= 0.3 is 0 Å². The summed E-state index contributed by atoms with van der Waals surface area (Å²) >= 11 is 0. The number of benzene rings is 1. The lowest BCUT2D eigenvalue weighted by atomic mass is 10.2. The van der Waals surface area contributed by atoms with E-state index in [0.717, 1.165) is 67.6 Å². The van der Waals surface area contributed by atoms with Crippen LogP contribution in [0.1, 0.15) is 17.1 Å². The molecule has 6 nitrogen and oxygen atoms in total. The average molecular weight is 387 g/mol. The third-order valence-electron chi connectivity index (χ3n) is 5.55. The van der Waals surface area contributed by atoms with Gasteiger partial charge in [0.15, 0.2) is 0 Å². The van der Waals surface area contributed by atoms with E-state index in [1.807, 2.05) is 61.7 Å². The van der Waals surface area contributed by atoms with Gasteiger partial charge in [-0.2, -0.15) is 0 Å². The van der Waals surface area contributed by atoms with E-state index >= 15 is 0 Å². The lowest BCUT2D eigenvalue weighted by Crippen LogP contribution is -2.45. The summed E-state index contributed by atoms with van der Waals surface area (Å²) in [5, 5.41) is 0. The number of nitrogens with zero attached hydrogens (tertiary/aromatic N) is 5. The van der Waals surface area contributed by atoms with E-state index in [0.29, 0.717) is 5.89 Å². The van der Waals surface area contributed by atoms with Gasteiger partial charge in [-0.25, -0.2) is 9.97 Å². The van der Waals surface area contributed by atoms with Crippen molar-refractivity contribution in [3.8, 4) is 11.5 Å². The van der Waals surface area contributed by atoms with Gasteiger partial charge in [-0.15, -0.1) is 0 Å². The summed E-state index contributed by atoms with van der Waals surface area (Å²) in [6.45, 7) is 7.88. The van der Waals surface area contributed by atoms with Gasteiger partial charge in [0.25, 0.3) is 0 Å². The highest BCUT2D eigenvalue weighted by Crippen LogP contribution is 2.22. The Morgan fingerprint density at radius 1 is 0.862 bits per heavy atom. The fraction of sp³-hybridized carbons (Fsp3) is 0.304. The van der Waals surface area contributed by atoms with E-state index in [2.05, 4.69) is 20.4 Å². The zero-order chi connectivity index (χ0) is 19.6. The molecular weight excluding hydrogens is 362 g/mol. The maximum absolute atomic E-state index is 5.91. The van der Waals surface area contributed by atoms with Crippen LogP contribution in [0.2, 0.25) is 0 Å². The summed E-state index contributed by atoms with van der Waals surface area (Å²) in [6.07, 6.45) is 4.18. The molecule has 1 fully saturated rings. The Kier molecular flexibility index (Phi) is 4.87. The van der Waals surface area contributed by atoms with Crippen LogP contribution < -0.4 is 0 Å². The molecule has 0 saturated carbocycles. The number of hydrogen-bond donors (Lipinski definition) is 0. The fourth-order valence-corrected chi connectivity index (χ4v) is 3.89.